The second kappa shape index (κ2) is 4.40. The van der Waals surface area contributed by atoms with Crippen LogP contribution in [-0.4, -0.2) is 21.7 Å². The molecule has 0 aliphatic rings. The summed E-state index contributed by atoms with van der Waals surface area (Å²) in [7, 11) is -3.59. The van der Waals surface area contributed by atoms with Crippen molar-refractivity contribution in [2.24, 2.45) is 0 Å². The first-order valence-corrected chi connectivity index (χ1v) is 4.17. The molecule has 0 spiro atoms. The summed E-state index contributed by atoms with van der Waals surface area (Å²) in [6.07, 6.45) is 0.0903. The van der Waals surface area contributed by atoms with Crippen molar-refractivity contribution < 1.29 is 17.0 Å². The van der Waals surface area contributed by atoms with E-state index in [1.165, 1.54) is 0 Å². The van der Waals surface area contributed by atoms with E-state index < -0.39 is 16.8 Å². The predicted molar refractivity (Wildman–Crippen MR) is 35.7 cm³/mol. The normalized spacial score (nSPS) is 11.3. The summed E-state index contributed by atoms with van der Waals surface area (Å²) in [6, 6.07) is 0. The molecule has 0 saturated heterocycles. The van der Waals surface area contributed by atoms with Gasteiger partial charge in [-0.1, -0.05) is 6.58 Å². The van der Waals surface area contributed by atoms with Crippen LogP contribution in [0.4, 0.5) is 4.39 Å². The van der Waals surface area contributed by atoms with Crippen LogP contribution in [-0.2, 0) is 14.3 Å². The van der Waals surface area contributed by atoms with Crippen molar-refractivity contribution in [3.05, 3.63) is 12.0 Å². The molecular formula is C5H9FO3S. The zero-order valence-electron chi connectivity index (χ0n) is 5.42. The highest BCUT2D eigenvalue weighted by molar-refractivity contribution is 7.89. The third kappa shape index (κ3) is 4.46. The van der Waals surface area contributed by atoms with Gasteiger partial charge in [-0.15, -0.1) is 0 Å². The van der Waals surface area contributed by atoms with E-state index in [2.05, 4.69) is 10.8 Å². The number of rotatable bonds is 5. The van der Waals surface area contributed by atoms with Gasteiger partial charge in [-0.2, -0.15) is 8.42 Å². The lowest BCUT2D eigenvalue weighted by molar-refractivity contribution is 0.297. The number of hydrogen-bond donors (Lipinski definition) is 0. The van der Waals surface area contributed by atoms with Gasteiger partial charge < -0.3 is 0 Å². The molecule has 0 fully saturated rings. The fraction of sp³-hybridized carbons (Fsp3) is 0.600. The van der Waals surface area contributed by atoms with Gasteiger partial charge in [0.25, 0.3) is 10.1 Å². The molecule has 10 heavy (non-hydrogen) atoms. The Hall–Kier alpha value is -0.420. The maximum atomic E-state index is 11.4. The minimum absolute atomic E-state index is 0.0903. The summed E-state index contributed by atoms with van der Waals surface area (Å²) in [5.74, 6) is 0. The molecule has 60 valence electrons. The summed E-state index contributed by atoms with van der Waals surface area (Å²) < 4.78 is 36.4. The maximum absolute atomic E-state index is 11.4. The Bertz CT molecular complexity index is 185. The molecule has 0 atom stereocenters. The highest BCUT2D eigenvalue weighted by Gasteiger charge is 2.02. The van der Waals surface area contributed by atoms with E-state index in [9.17, 15) is 12.8 Å². The van der Waals surface area contributed by atoms with Gasteiger partial charge in [0.15, 0.2) is 0 Å². The van der Waals surface area contributed by atoms with Crippen LogP contribution in [0, 0.1) is 0 Å². The van der Waals surface area contributed by atoms with Gasteiger partial charge in [0.1, 0.15) is 0 Å². The number of hydrogen-bond acceptors (Lipinski definition) is 3. The fourth-order valence-electron chi connectivity index (χ4n) is 0.278. The van der Waals surface area contributed by atoms with Crippen LogP contribution in [0.15, 0.2) is 12.0 Å². The van der Waals surface area contributed by atoms with Crippen LogP contribution in [0.1, 0.15) is 6.42 Å². The van der Waals surface area contributed by atoms with Crippen molar-refractivity contribution in [3.8, 4) is 0 Å². The third-order valence-corrected chi connectivity index (χ3v) is 1.63. The van der Waals surface area contributed by atoms with Gasteiger partial charge in [-0.05, 0) is 0 Å². The van der Waals surface area contributed by atoms with E-state index in [1.807, 2.05) is 0 Å². The topological polar surface area (TPSA) is 43.4 Å². The molecule has 0 bridgehead atoms. The quantitative estimate of drug-likeness (QED) is 0.451. The van der Waals surface area contributed by atoms with E-state index in [4.69, 9.17) is 0 Å². The van der Waals surface area contributed by atoms with Gasteiger partial charge in [0.05, 0.1) is 18.7 Å². The molecule has 0 amide bonds. The lowest BCUT2D eigenvalue weighted by Crippen LogP contribution is -2.03. The molecule has 0 heterocycles. The molecule has 0 aromatic heterocycles. The smallest absolute Gasteiger partial charge is 0.267 e. The molecular weight excluding hydrogens is 159 g/mol. The largest absolute Gasteiger partial charge is 0.289 e. The van der Waals surface area contributed by atoms with E-state index in [0.29, 0.717) is 5.41 Å². The first-order valence-electron chi connectivity index (χ1n) is 2.70. The highest BCUT2D eigenvalue weighted by atomic mass is 32.2. The fourth-order valence-corrected chi connectivity index (χ4v) is 0.724. The van der Waals surface area contributed by atoms with Gasteiger partial charge in [-0.25, -0.2) is 0 Å². The molecule has 0 aliphatic carbocycles. The van der Waals surface area contributed by atoms with Crippen LogP contribution in [0.2, 0.25) is 0 Å². The first-order chi connectivity index (χ1) is 4.62. The molecule has 0 unspecified atom stereocenters. The summed E-state index contributed by atoms with van der Waals surface area (Å²) >= 11 is 0. The molecule has 0 radical (unpaired) electrons. The molecule has 0 rings (SSSR count). The summed E-state index contributed by atoms with van der Waals surface area (Å²) in [4.78, 5) is 0. The monoisotopic (exact) mass is 168 g/mol. The number of alkyl halides is 1. The molecule has 3 nitrogen and oxygen atoms in total. The molecule has 0 aromatic carbocycles. The van der Waals surface area contributed by atoms with Gasteiger partial charge in [0, 0.05) is 6.42 Å². The van der Waals surface area contributed by atoms with Crippen LogP contribution < -0.4 is 0 Å². The molecule has 0 N–H and O–H groups in total. The molecule has 0 aromatic rings. The van der Waals surface area contributed by atoms with E-state index >= 15 is 0 Å². The van der Waals surface area contributed by atoms with Crippen LogP contribution >= 0.6 is 0 Å². The molecule has 5 heteroatoms. The minimum atomic E-state index is -3.59. The van der Waals surface area contributed by atoms with Crippen molar-refractivity contribution in [3.63, 3.8) is 0 Å². The Labute approximate surface area is 59.6 Å². The van der Waals surface area contributed by atoms with E-state index in [1.54, 1.807) is 0 Å². The Morgan fingerprint density at radius 3 is 2.60 bits per heavy atom. The van der Waals surface area contributed by atoms with Crippen molar-refractivity contribution in [2.75, 3.05) is 13.3 Å². The van der Waals surface area contributed by atoms with E-state index in [-0.39, 0.29) is 13.0 Å². The summed E-state index contributed by atoms with van der Waals surface area (Å²) in [6.45, 7) is 2.31. The Morgan fingerprint density at radius 1 is 1.60 bits per heavy atom. The second-order valence-corrected chi connectivity index (χ2v) is 3.08. The van der Waals surface area contributed by atoms with Crippen LogP contribution in [0.25, 0.3) is 0 Å². The zero-order valence-corrected chi connectivity index (χ0v) is 6.23. The zero-order chi connectivity index (χ0) is 8.04. The molecule has 0 aliphatic heterocycles. The first kappa shape index (κ1) is 9.58. The van der Waals surface area contributed by atoms with Crippen molar-refractivity contribution in [1.82, 2.24) is 0 Å². The SMILES string of the molecule is C=CS(=O)(=O)OCCCF. The Morgan fingerprint density at radius 2 is 2.20 bits per heavy atom. The average Bonchev–Trinajstić information content (AvgIpc) is 1.89. The summed E-state index contributed by atoms with van der Waals surface area (Å²) in [5.41, 5.74) is 0. The van der Waals surface area contributed by atoms with Gasteiger partial charge in [0.2, 0.25) is 0 Å². The van der Waals surface area contributed by atoms with Crippen LogP contribution in [0.3, 0.4) is 0 Å². The van der Waals surface area contributed by atoms with Crippen molar-refractivity contribution in [1.29, 1.82) is 0 Å². The predicted octanol–water partition coefficient (Wildman–Crippen LogP) is 0.836. The van der Waals surface area contributed by atoms with Gasteiger partial charge >= 0.3 is 0 Å². The lowest BCUT2D eigenvalue weighted by atomic mass is 10.5. The highest BCUT2D eigenvalue weighted by Crippen LogP contribution is 1.94. The van der Waals surface area contributed by atoms with Gasteiger partial charge in [-0.3, -0.25) is 8.57 Å². The average molecular weight is 168 g/mol. The second-order valence-electron chi connectivity index (χ2n) is 1.52. The maximum Gasteiger partial charge on any atom is 0.289 e. The minimum Gasteiger partial charge on any atom is -0.267 e. The Balaban J connectivity index is 3.59. The third-order valence-electron chi connectivity index (χ3n) is 0.730. The van der Waals surface area contributed by atoms with Crippen LogP contribution in [0.5, 0.6) is 0 Å². The number of halogens is 1. The van der Waals surface area contributed by atoms with Crippen molar-refractivity contribution in [2.45, 2.75) is 6.42 Å². The Kier molecular flexibility index (Phi) is 4.22. The van der Waals surface area contributed by atoms with E-state index in [0.717, 1.165) is 0 Å². The summed E-state index contributed by atoms with van der Waals surface area (Å²) in [5, 5.41) is 0.686. The molecule has 0 saturated carbocycles. The van der Waals surface area contributed by atoms with Crippen molar-refractivity contribution >= 4 is 10.1 Å². The lowest BCUT2D eigenvalue weighted by Gasteiger charge is -1.96. The standard InChI is InChI=1S/C5H9FO3S/c1-2-10(7,8)9-5-3-4-6/h2H,1,3-5H2.